The number of nitrogens with zero attached hydrogens (tertiary/aromatic N) is 3. The van der Waals surface area contributed by atoms with Crippen LogP contribution in [-0.2, 0) is 4.79 Å². The molecule has 0 bridgehead atoms. The summed E-state index contributed by atoms with van der Waals surface area (Å²) in [7, 11) is 0. The quantitative estimate of drug-likeness (QED) is 0.470. The zero-order chi connectivity index (χ0) is 18.8. The lowest BCUT2D eigenvalue weighted by molar-refractivity contribution is -0.113. The second-order valence-electron chi connectivity index (χ2n) is 5.80. The Hall–Kier alpha value is -1.39. The summed E-state index contributed by atoms with van der Waals surface area (Å²) in [5.74, 6) is 0.113. The van der Waals surface area contributed by atoms with Crippen molar-refractivity contribution in [1.82, 2.24) is 15.2 Å². The number of hydrogen-bond acceptors (Lipinski definition) is 8. The zero-order valence-corrected chi connectivity index (χ0v) is 17.7. The van der Waals surface area contributed by atoms with E-state index in [2.05, 4.69) is 25.8 Å². The number of thiazole rings is 1. The molecule has 1 aliphatic rings. The Labute approximate surface area is 177 Å². The van der Waals surface area contributed by atoms with Gasteiger partial charge in [0, 0.05) is 17.0 Å². The van der Waals surface area contributed by atoms with Gasteiger partial charge in [-0.1, -0.05) is 52.4 Å². The highest BCUT2D eigenvalue weighted by Gasteiger charge is 2.22. The zero-order valence-electron chi connectivity index (χ0n) is 13.7. The van der Waals surface area contributed by atoms with E-state index in [9.17, 15) is 4.79 Å². The minimum atomic E-state index is -0.137. The first-order valence-electron chi connectivity index (χ1n) is 8.00. The van der Waals surface area contributed by atoms with E-state index in [4.69, 9.17) is 23.2 Å². The number of benzene rings is 1. The van der Waals surface area contributed by atoms with Crippen LogP contribution in [-0.4, -0.2) is 32.9 Å². The number of anilines is 2. The highest BCUT2D eigenvalue weighted by molar-refractivity contribution is 8.01. The fourth-order valence-corrected chi connectivity index (χ4v) is 4.79. The molecular formula is C16H13Cl2N5OS3. The first-order valence-corrected chi connectivity index (χ1v) is 11.4. The van der Waals surface area contributed by atoms with Crippen LogP contribution in [0.15, 0.2) is 27.9 Å². The van der Waals surface area contributed by atoms with E-state index >= 15 is 0 Å². The molecule has 27 heavy (non-hydrogen) atoms. The molecule has 140 valence electrons. The lowest BCUT2D eigenvalue weighted by Crippen LogP contribution is -2.13. The number of carbonyl (C=O) groups is 1. The van der Waals surface area contributed by atoms with Crippen LogP contribution >= 0.6 is 57.6 Å². The van der Waals surface area contributed by atoms with Crippen LogP contribution in [0.25, 0.3) is 11.3 Å². The molecule has 11 heteroatoms. The van der Waals surface area contributed by atoms with Gasteiger partial charge >= 0.3 is 0 Å². The Morgan fingerprint density at radius 2 is 2.07 bits per heavy atom. The monoisotopic (exact) mass is 457 g/mol. The van der Waals surface area contributed by atoms with Crippen molar-refractivity contribution in [2.45, 2.75) is 23.2 Å². The first-order chi connectivity index (χ1) is 13.1. The summed E-state index contributed by atoms with van der Waals surface area (Å²) in [6, 6.07) is 5.85. The van der Waals surface area contributed by atoms with Crippen LogP contribution in [0.2, 0.25) is 10.0 Å². The fourth-order valence-electron chi connectivity index (χ4n) is 2.13. The van der Waals surface area contributed by atoms with E-state index in [1.54, 1.807) is 12.1 Å². The Bertz CT molecular complexity index is 973. The van der Waals surface area contributed by atoms with E-state index in [0.29, 0.717) is 21.2 Å². The summed E-state index contributed by atoms with van der Waals surface area (Å²) in [6.07, 6.45) is 2.37. The maximum absolute atomic E-state index is 12.2. The Morgan fingerprint density at radius 1 is 1.22 bits per heavy atom. The summed E-state index contributed by atoms with van der Waals surface area (Å²) >= 11 is 16.2. The van der Waals surface area contributed by atoms with Gasteiger partial charge in [-0.2, -0.15) is 0 Å². The van der Waals surface area contributed by atoms with Crippen LogP contribution in [0, 0.1) is 0 Å². The molecule has 2 heterocycles. The van der Waals surface area contributed by atoms with E-state index in [1.165, 1.54) is 47.3 Å². The van der Waals surface area contributed by atoms with Crippen molar-refractivity contribution in [1.29, 1.82) is 0 Å². The third-order valence-electron chi connectivity index (χ3n) is 3.60. The van der Waals surface area contributed by atoms with Crippen molar-refractivity contribution in [2.75, 3.05) is 16.4 Å². The summed E-state index contributed by atoms with van der Waals surface area (Å²) in [5, 5.41) is 18.4. The molecule has 3 aromatic rings. The molecule has 1 fully saturated rings. The topological polar surface area (TPSA) is 79.8 Å². The number of aromatic nitrogens is 3. The highest BCUT2D eigenvalue weighted by atomic mass is 35.5. The van der Waals surface area contributed by atoms with Gasteiger partial charge in [0.1, 0.15) is 0 Å². The van der Waals surface area contributed by atoms with Crippen LogP contribution in [0.1, 0.15) is 12.8 Å². The van der Waals surface area contributed by atoms with Crippen LogP contribution in [0.5, 0.6) is 0 Å². The van der Waals surface area contributed by atoms with Crippen molar-refractivity contribution >= 4 is 73.8 Å². The standard InChI is InChI=1S/C16H13Cl2N5OS3/c17-10-4-1-8(5-11(10)18)12-6-25-14(20-12)21-13(24)7-26-16-23-22-15(27-16)19-9-2-3-9/h1,4-6,9H,2-3,7H2,(H,19,22)(H,20,21,24). The minimum Gasteiger partial charge on any atom is -0.357 e. The van der Waals surface area contributed by atoms with Crippen molar-refractivity contribution in [3.05, 3.63) is 33.6 Å². The molecular weight excluding hydrogens is 445 g/mol. The van der Waals surface area contributed by atoms with E-state index in [-0.39, 0.29) is 11.7 Å². The average Bonchev–Trinajstić information content (AvgIpc) is 3.15. The van der Waals surface area contributed by atoms with Crippen LogP contribution in [0.4, 0.5) is 10.3 Å². The number of hydrogen-bond donors (Lipinski definition) is 2. The predicted octanol–water partition coefficient (Wildman–Crippen LogP) is 5.27. The first kappa shape index (κ1) is 18.9. The van der Waals surface area contributed by atoms with E-state index < -0.39 is 0 Å². The summed E-state index contributed by atoms with van der Waals surface area (Å²) in [6.45, 7) is 0. The molecule has 1 amide bonds. The molecule has 0 radical (unpaired) electrons. The van der Waals surface area contributed by atoms with Crippen LogP contribution in [0.3, 0.4) is 0 Å². The van der Waals surface area contributed by atoms with Crippen molar-refractivity contribution in [3.8, 4) is 11.3 Å². The molecule has 6 nitrogen and oxygen atoms in total. The van der Waals surface area contributed by atoms with Crippen molar-refractivity contribution < 1.29 is 4.79 Å². The Kier molecular flexibility index (Phi) is 5.84. The Balaban J connectivity index is 1.31. The number of carbonyl (C=O) groups excluding carboxylic acids is 1. The number of halogens is 2. The number of amides is 1. The molecule has 0 saturated heterocycles. The molecule has 0 aliphatic heterocycles. The minimum absolute atomic E-state index is 0.137. The Morgan fingerprint density at radius 3 is 2.85 bits per heavy atom. The number of thioether (sulfide) groups is 1. The third-order valence-corrected chi connectivity index (χ3v) is 7.09. The van der Waals surface area contributed by atoms with E-state index in [0.717, 1.165) is 20.7 Å². The maximum Gasteiger partial charge on any atom is 0.236 e. The second-order valence-corrected chi connectivity index (χ2v) is 9.67. The van der Waals surface area contributed by atoms with Crippen molar-refractivity contribution in [2.24, 2.45) is 0 Å². The average molecular weight is 458 g/mol. The molecule has 2 aromatic heterocycles. The van der Waals surface area contributed by atoms with Crippen LogP contribution < -0.4 is 10.6 Å². The summed E-state index contributed by atoms with van der Waals surface area (Å²) in [5.41, 5.74) is 1.58. The van der Waals surface area contributed by atoms with E-state index in [1.807, 2.05) is 11.4 Å². The SMILES string of the molecule is O=C(CSc1nnc(NC2CC2)s1)Nc1nc(-c2ccc(Cl)c(Cl)c2)cs1. The lowest BCUT2D eigenvalue weighted by Gasteiger charge is -2.01. The largest absolute Gasteiger partial charge is 0.357 e. The molecule has 4 rings (SSSR count). The summed E-state index contributed by atoms with van der Waals surface area (Å²) < 4.78 is 0.768. The predicted molar refractivity (Wildman–Crippen MR) is 113 cm³/mol. The van der Waals surface area contributed by atoms with Gasteiger partial charge in [0.15, 0.2) is 9.47 Å². The normalized spacial score (nSPS) is 13.6. The molecule has 0 atom stereocenters. The summed E-state index contributed by atoms with van der Waals surface area (Å²) in [4.78, 5) is 16.6. The highest BCUT2D eigenvalue weighted by Crippen LogP contribution is 2.32. The molecule has 1 saturated carbocycles. The molecule has 1 aliphatic carbocycles. The van der Waals surface area contributed by atoms with Gasteiger partial charge in [-0.25, -0.2) is 4.98 Å². The third kappa shape index (κ3) is 5.11. The fraction of sp³-hybridized carbons (Fsp3) is 0.250. The molecule has 0 unspecified atom stereocenters. The maximum atomic E-state index is 12.2. The van der Waals surface area contributed by atoms with Crippen molar-refractivity contribution in [3.63, 3.8) is 0 Å². The number of rotatable bonds is 7. The van der Waals surface area contributed by atoms with Gasteiger partial charge in [-0.3, -0.25) is 4.79 Å². The lowest BCUT2D eigenvalue weighted by atomic mass is 10.2. The molecule has 1 aromatic carbocycles. The molecule has 0 spiro atoms. The van der Waals surface area contributed by atoms with Gasteiger partial charge in [-0.15, -0.1) is 21.5 Å². The van der Waals surface area contributed by atoms with Gasteiger partial charge in [-0.05, 0) is 25.0 Å². The van der Waals surface area contributed by atoms with Gasteiger partial charge in [0.05, 0.1) is 21.5 Å². The second kappa shape index (κ2) is 8.32. The smallest absolute Gasteiger partial charge is 0.236 e. The number of nitrogens with one attached hydrogen (secondary N) is 2. The van der Waals surface area contributed by atoms with Gasteiger partial charge in [0.25, 0.3) is 0 Å². The van der Waals surface area contributed by atoms with Gasteiger partial charge in [0.2, 0.25) is 11.0 Å². The van der Waals surface area contributed by atoms with Gasteiger partial charge < -0.3 is 10.6 Å². The molecule has 2 N–H and O–H groups in total.